The van der Waals surface area contributed by atoms with Crippen LogP contribution in [0.5, 0.6) is 0 Å². The number of hydrogen-bond acceptors (Lipinski definition) is 5. The minimum absolute atomic E-state index is 0.0475. The van der Waals surface area contributed by atoms with Crippen LogP contribution >= 0.6 is 0 Å². The van der Waals surface area contributed by atoms with Gasteiger partial charge in [-0.25, -0.2) is 4.98 Å². The zero-order valence-corrected chi connectivity index (χ0v) is 14.1. The second-order valence-electron chi connectivity index (χ2n) is 5.94. The van der Waals surface area contributed by atoms with Crippen LogP contribution in [0.4, 0.5) is 0 Å². The highest BCUT2D eigenvalue weighted by atomic mass is 16.5. The Hall–Kier alpha value is -2.74. The lowest BCUT2D eigenvalue weighted by atomic mass is 10.1. The highest BCUT2D eigenvalue weighted by Crippen LogP contribution is 2.20. The molecule has 132 valence electrons. The van der Waals surface area contributed by atoms with Gasteiger partial charge in [0.25, 0.3) is 0 Å². The molecule has 2 N–H and O–H groups in total. The Kier molecular flexibility index (Phi) is 5.39. The van der Waals surface area contributed by atoms with E-state index < -0.39 is 0 Å². The lowest BCUT2D eigenvalue weighted by Gasteiger charge is -2.32. The van der Waals surface area contributed by atoms with Crippen molar-refractivity contribution < 1.29 is 14.3 Å². The highest BCUT2D eigenvalue weighted by Gasteiger charge is 2.27. The molecule has 2 aromatic rings. The number of amides is 2. The van der Waals surface area contributed by atoms with Crippen molar-refractivity contribution in [2.75, 3.05) is 19.7 Å². The van der Waals surface area contributed by atoms with Crippen LogP contribution in [0.15, 0.2) is 30.7 Å². The molecule has 3 heterocycles. The number of nitrogens with zero attached hydrogens (tertiary/aromatic N) is 3. The summed E-state index contributed by atoms with van der Waals surface area (Å²) < 4.78 is 5.75. The van der Waals surface area contributed by atoms with Gasteiger partial charge >= 0.3 is 0 Å². The molecule has 1 atom stereocenters. The van der Waals surface area contributed by atoms with Crippen molar-refractivity contribution in [1.29, 1.82) is 0 Å². The predicted molar refractivity (Wildman–Crippen MR) is 89.3 cm³/mol. The summed E-state index contributed by atoms with van der Waals surface area (Å²) in [6.45, 7) is 3.33. The number of aromatic amines is 1. The van der Waals surface area contributed by atoms with Crippen molar-refractivity contribution >= 4 is 11.8 Å². The van der Waals surface area contributed by atoms with Crippen LogP contribution in [0.25, 0.3) is 0 Å². The van der Waals surface area contributed by atoms with Crippen molar-refractivity contribution in [2.24, 2.45) is 0 Å². The summed E-state index contributed by atoms with van der Waals surface area (Å²) in [6, 6.07) is 3.72. The van der Waals surface area contributed by atoms with Crippen molar-refractivity contribution in [3.63, 3.8) is 0 Å². The second kappa shape index (κ2) is 7.89. The van der Waals surface area contributed by atoms with Crippen LogP contribution in [0, 0.1) is 0 Å². The van der Waals surface area contributed by atoms with Crippen molar-refractivity contribution in [3.8, 4) is 0 Å². The van der Waals surface area contributed by atoms with E-state index in [2.05, 4.69) is 20.3 Å². The molecule has 25 heavy (non-hydrogen) atoms. The molecule has 1 saturated heterocycles. The van der Waals surface area contributed by atoms with E-state index in [1.807, 2.05) is 12.1 Å². The summed E-state index contributed by atoms with van der Waals surface area (Å²) in [5.74, 6) is 0.614. The van der Waals surface area contributed by atoms with Gasteiger partial charge in [-0.1, -0.05) is 6.07 Å². The molecule has 1 aliphatic heterocycles. The zero-order chi connectivity index (χ0) is 17.6. The Morgan fingerprint density at radius 2 is 2.32 bits per heavy atom. The number of H-pyrrole nitrogens is 1. The lowest BCUT2D eigenvalue weighted by molar-refractivity contribution is -0.138. The maximum Gasteiger partial charge on any atom is 0.227 e. The number of nitrogens with one attached hydrogen (secondary N) is 2. The highest BCUT2D eigenvalue weighted by molar-refractivity contribution is 5.78. The summed E-state index contributed by atoms with van der Waals surface area (Å²) >= 11 is 0. The maximum absolute atomic E-state index is 12.5. The molecule has 2 aromatic heterocycles. The van der Waals surface area contributed by atoms with Gasteiger partial charge in [0.1, 0.15) is 11.9 Å². The number of rotatable bonds is 5. The summed E-state index contributed by atoms with van der Waals surface area (Å²) in [6.07, 6.45) is 5.10. The van der Waals surface area contributed by atoms with Crippen LogP contribution in [0.3, 0.4) is 0 Å². The summed E-state index contributed by atoms with van der Waals surface area (Å²) in [5.41, 5.74) is 1.69. The SMILES string of the molecule is CC(=O)NCc1cnc([C@@H]2CN(C(=O)Cc3cccnc3)CCO2)[nH]1. The van der Waals surface area contributed by atoms with E-state index in [0.29, 0.717) is 38.5 Å². The predicted octanol–water partition coefficient (Wildman–Crippen LogP) is 0.583. The molecular formula is C17H21N5O3. The average molecular weight is 343 g/mol. The number of carbonyl (C=O) groups is 2. The van der Waals surface area contributed by atoms with Gasteiger partial charge in [0.05, 0.1) is 38.0 Å². The van der Waals surface area contributed by atoms with Crippen molar-refractivity contribution in [2.45, 2.75) is 26.0 Å². The number of morpholine rings is 1. The summed E-state index contributed by atoms with van der Waals surface area (Å²) in [7, 11) is 0. The van der Waals surface area contributed by atoms with E-state index in [1.165, 1.54) is 6.92 Å². The van der Waals surface area contributed by atoms with Gasteiger partial charge < -0.3 is 19.9 Å². The Balaban J connectivity index is 1.59. The molecule has 0 aliphatic carbocycles. The van der Waals surface area contributed by atoms with Crippen LogP contribution in [-0.4, -0.2) is 51.4 Å². The molecule has 0 radical (unpaired) electrons. The number of carbonyl (C=O) groups excluding carboxylic acids is 2. The molecule has 3 rings (SSSR count). The quantitative estimate of drug-likeness (QED) is 0.827. The molecule has 0 bridgehead atoms. The first-order chi connectivity index (χ1) is 12.1. The van der Waals surface area contributed by atoms with E-state index in [9.17, 15) is 9.59 Å². The van der Waals surface area contributed by atoms with E-state index in [4.69, 9.17) is 4.74 Å². The van der Waals surface area contributed by atoms with Crippen LogP contribution < -0.4 is 5.32 Å². The molecule has 0 spiro atoms. The topological polar surface area (TPSA) is 100 Å². The van der Waals surface area contributed by atoms with Gasteiger partial charge in [0, 0.05) is 25.9 Å². The molecule has 2 amide bonds. The second-order valence-corrected chi connectivity index (χ2v) is 5.94. The van der Waals surface area contributed by atoms with E-state index in [1.54, 1.807) is 23.5 Å². The minimum Gasteiger partial charge on any atom is -0.367 e. The molecule has 0 unspecified atom stereocenters. The van der Waals surface area contributed by atoms with Gasteiger partial charge in [0.15, 0.2) is 0 Å². The van der Waals surface area contributed by atoms with E-state index in [0.717, 1.165) is 11.3 Å². The Labute approximate surface area is 145 Å². The molecule has 8 nitrogen and oxygen atoms in total. The molecule has 0 saturated carbocycles. The third kappa shape index (κ3) is 4.63. The number of aromatic nitrogens is 3. The Morgan fingerprint density at radius 1 is 1.44 bits per heavy atom. The van der Waals surface area contributed by atoms with Crippen LogP contribution in [0.2, 0.25) is 0 Å². The van der Waals surface area contributed by atoms with Crippen molar-refractivity contribution in [1.82, 2.24) is 25.2 Å². The summed E-state index contributed by atoms with van der Waals surface area (Å²) in [4.78, 5) is 36.8. The fourth-order valence-corrected chi connectivity index (χ4v) is 2.68. The average Bonchev–Trinajstić information content (AvgIpc) is 3.10. The van der Waals surface area contributed by atoms with Gasteiger partial charge in [0.2, 0.25) is 11.8 Å². The third-order valence-corrected chi connectivity index (χ3v) is 3.98. The molecule has 1 aliphatic rings. The Morgan fingerprint density at radius 3 is 3.08 bits per heavy atom. The smallest absolute Gasteiger partial charge is 0.227 e. The van der Waals surface area contributed by atoms with Gasteiger partial charge in [-0.15, -0.1) is 0 Å². The van der Waals surface area contributed by atoms with E-state index in [-0.39, 0.29) is 17.9 Å². The van der Waals surface area contributed by atoms with Gasteiger partial charge in [-0.2, -0.15) is 0 Å². The summed E-state index contributed by atoms with van der Waals surface area (Å²) in [5, 5.41) is 2.71. The monoisotopic (exact) mass is 343 g/mol. The molecule has 0 aromatic carbocycles. The van der Waals surface area contributed by atoms with Crippen LogP contribution in [-0.2, 0) is 27.3 Å². The fraction of sp³-hybridized carbons (Fsp3) is 0.412. The minimum atomic E-state index is -0.294. The van der Waals surface area contributed by atoms with Crippen LogP contribution in [0.1, 0.15) is 30.1 Å². The normalized spacial score (nSPS) is 17.3. The molecule has 1 fully saturated rings. The van der Waals surface area contributed by atoms with Crippen molar-refractivity contribution in [3.05, 3.63) is 47.8 Å². The number of ether oxygens (including phenoxy) is 1. The van der Waals surface area contributed by atoms with Gasteiger partial charge in [-0.05, 0) is 11.6 Å². The van der Waals surface area contributed by atoms with Gasteiger partial charge in [-0.3, -0.25) is 14.6 Å². The standard InChI is InChI=1S/C17H21N5O3/c1-12(23)19-9-14-10-20-17(21-14)15-11-22(5-6-25-15)16(24)7-13-3-2-4-18-8-13/h2-4,8,10,15H,5-7,9,11H2,1H3,(H,19,23)(H,20,21)/t15-/m0/s1. The van der Waals surface area contributed by atoms with E-state index >= 15 is 0 Å². The molecular weight excluding hydrogens is 322 g/mol. The first-order valence-corrected chi connectivity index (χ1v) is 8.18. The first kappa shape index (κ1) is 17.1. The fourth-order valence-electron chi connectivity index (χ4n) is 2.68. The third-order valence-electron chi connectivity index (χ3n) is 3.98. The molecule has 8 heteroatoms. The maximum atomic E-state index is 12.5. The zero-order valence-electron chi connectivity index (χ0n) is 14.1. The lowest BCUT2D eigenvalue weighted by Crippen LogP contribution is -2.43. The largest absolute Gasteiger partial charge is 0.367 e. The number of hydrogen-bond donors (Lipinski definition) is 2. The number of pyridine rings is 1. The Bertz CT molecular complexity index is 731. The number of imidazole rings is 1. The first-order valence-electron chi connectivity index (χ1n) is 8.18.